The summed E-state index contributed by atoms with van der Waals surface area (Å²) >= 11 is 0. The second kappa shape index (κ2) is 9.60. The maximum absolute atomic E-state index is 13.2. The predicted octanol–water partition coefficient (Wildman–Crippen LogP) is 3.41. The van der Waals surface area contributed by atoms with Crippen molar-refractivity contribution in [2.24, 2.45) is 0 Å². The van der Waals surface area contributed by atoms with Crippen LogP contribution in [-0.4, -0.2) is 40.0 Å². The summed E-state index contributed by atoms with van der Waals surface area (Å²) in [6.07, 6.45) is 0.644. The standard InChI is InChI=1S/C20H27NO6S2/c1-5-16(3)21(29(24,25)20-13-11-18(26-4)12-14-20)15-17-7-9-19(10-8-17)27-28(22,23)6-2/h7-14,16H,5-6,15H2,1-4H3. The van der Waals surface area contributed by atoms with E-state index in [1.807, 2.05) is 13.8 Å². The average molecular weight is 442 g/mol. The largest absolute Gasteiger partial charge is 0.497 e. The molecule has 9 heteroatoms. The van der Waals surface area contributed by atoms with E-state index in [2.05, 4.69) is 0 Å². The summed E-state index contributed by atoms with van der Waals surface area (Å²) in [5, 5.41) is 0. The molecule has 29 heavy (non-hydrogen) atoms. The first-order chi connectivity index (χ1) is 13.6. The fourth-order valence-corrected chi connectivity index (χ4v) is 4.82. The Bertz CT molecular complexity index is 1000. The van der Waals surface area contributed by atoms with Crippen molar-refractivity contribution in [2.75, 3.05) is 12.9 Å². The van der Waals surface area contributed by atoms with Crippen molar-refractivity contribution in [3.63, 3.8) is 0 Å². The maximum atomic E-state index is 13.2. The number of benzene rings is 2. The molecule has 0 radical (unpaired) electrons. The molecule has 0 saturated heterocycles. The molecule has 160 valence electrons. The van der Waals surface area contributed by atoms with Crippen LogP contribution in [0.4, 0.5) is 0 Å². The molecule has 0 aliphatic carbocycles. The first kappa shape index (κ1) is 23.2. The average Bonchev–Trinajstić information content (AvgIpc) is 2.72. The molecule has 2 aromatic rings. The summed E-state index contributed by atoms with van der Waals surface area (Å²) < 4.78 is 61.1. The third kappa shape index (κ3) is 5.94. The van der Waals surface area contributed by atoms with Gasteiger partial charge in [-0.3, -0.25) is 0 Å². The zero-order valence-corrected chi connectivity index (χ0v) is 18.7. The minimum absolute atomic E-state index is 0.128. The number of rotatable bonds is 10. The monoisotopic (exact) mass is 441 g/mol. The number of hydrogen-bond donors (Lipinski definition) is 0. The van der Waals surface area contributed by atoms with Crippen LogP contribution < -0.4 is 8.92 Å². The third-order valence-electron chi connectivity index (χ3n) is 4.59. The summed E-state index contributed by atoms with van der Waals surface area (Å²) in [7, 11) is -5.81. The molecule has 1 atom stereocenters. The van der Waals surface area contributed by atoms with Crippen LogP contribution in [0.1, 0.15) is 32.8 Å². The quantitative estimate of drug-likeness (QED) is 0.525. The molecule has 0 N–H and O–H groups in total. The van der Waals surface area contributed by atoms with E-state index < -0.39 is 20.1 Å². The minimum atomic E-state index is -3.73. The second-order valence-electron chi connectivity index (χ2n) is 6.56. The lowest BCUT2D eigenvalue weighted by Crippen LogP contribution is -2.37. The summed E-state index contributed by atoms with van der Waals surface area (Å²) in [6.45, 7) is 5.43. The van der Waals surface area contributed by atoms with Gasteiger partial charge in [-0.15, -0.1) is 0 Å². The van der Waals surface area contributed by atoms with E-state index in [0.717, 1.165) is 5.56 Å². The van der Waals surface area contributed by atoms with Gasteiger partial charge in [-0.25, -0.2) is 8.42 Å². The Morgan fingerprint density at radius 3 is 1.93 bits per heavy atom. The predicted molar refractivity (Wildman–Crippen MR) is 112 cm³/mol. The lowest BCUT2D eigenvalue weighted by Gasteiger charge is -2.28. The topological polar surface area (TPSA) is 90.0 Å². The van der Waals surface area contributed by atoms with E-state index in [1.54, 1.807) is 24.3 Å². The fourth-order valence-electron chi connectivity index (χ4n) is 2.60. The van der Waals surface area contributed by atoms with Gasteiger partial charge in [0.1, 0.15) is 11.5 Å². The highest BCUT2D eigenvalue weighted by Gasteiger charge is 2.28. The Kier molecular flexibility index (Phi) is 7.67. The van der Waals surface area contributed by atoms with Gasteiger partial charge >= 0.3 is 10.1 Å². The number of hydrogen-bond acceptors (Lipinski definition) is 6. The summed E-state index contributed by atoms with van der Waals surface area (Å²) in [5.41, 5.74) is 0.726. The molecule has 7 nitrogen and oxygen atoms in total. The number of methoxy groups -OCH3 is 1. The van der Waals surface area contributed by atoms with Crippen molar-refractivity contribution in [3.8, 4) is 11.5 Å². The Morgan fingerprint density at radius 1 is 0.897 bits per heavy atom. The van der Waals surface area contributed by atoms with Crippen LogP contribution in [0.5, 0.6) is 11.5 Å². The third-order valence-corrected chi connectivity index (χ3v) is 7.71. The van der Waals surface area contributed by atoms with Gasteiger partial charge in [0.05, 0.1) is 17.8 Å². The first-order valence-electron chi connectivity index (χ1n) is 9.30. The van der Waals surface area contributed by atoms with E-state index in [1.165, 1.54) is 42.6 Å². The molecule has 2 rings (SSSR count). The number of nitrogens with zero attached hydrogens (tertiary/aromatic N) is 1. The molecular weight excluding hydrogens is 414 g/mol. The summed E-state index contributed by atoms with van der Waals surface area (Å²) in [4.78, 5) is 0.188. The molecule has 0 bridgehead atoms. The van der Waals surface area contributed by atoms with Crippen molar-refractivity contribution >= 4 is 20.1 Å². The molecule has 0 aliphatic heterocycles. The van der Waals surface area contributed by atoms with E-state index in [-0.39, 0.29) is 29.0 Å². The molecule has 0 aromatic heterocycles. The van der Waals surface area contributed by atoms with Crippen LogP contribution in [0, 0.1) is 0 Å². The minimum Gasteiger partial charge on any atom is -0.497 e. The van der Waals surface area contributed by atoms with Crippen LogP contribution in [0.15, 0.2) is 53.4 Å². The number of sulfonamides is 1. The van der Waals surface area contributed by atoms with Gasteiger partial charge in [0, 0.05) is 12.6 Å². The van der Waals surface area contributed by atoms with Crippen molar-refractivity contribution in [1.29, 1.82) is 0 Å². The zero-order chi connectivity index (χ0) is 21.7. The van der Waals surface area contributed by atoms with E-state index >= 15 is 0 Å². The normalized spacial score (nSPS) is 13.3. The van der Waals surface area contributed by atoms with Crippen molar-refractivity contribution in [1.82, 2.24) is 4.31 Å². The van der Waals surface area contributed by atoms with Crippen LogP contribution in [-0.2, 0) is 26.7 Å². The van der Waals surface area contributed by atoms with Gasteiger partial charge in [-0.05, 0) is 62.2 Å². The zero-order valence-electron chi connectivity index (χ0n) is 17.0. The van der Waals surface area contributed by atoms with Crippen molar-refractivity contribution < 1.29 is 25.8 Å². The molecule has 1 unspecified atom stereocenters. The highest BCUT2D eigenvalue weighted by molar-refractivity contribution is 7.89. The van der Waals surface area contributed by atoms with Gasteiger partial charge in [0.2, 0.25) is 10.0 Å². The van der Waals surface area contributed by atoms with Gasteiger partial charge < -0.3 is 8.92 Å². The van der Waals surface area contributed by atoms with E-state index in [9.17, 15) is 16.8 Å². The first-order valence-corrected chi connectivity index (χ1v) is 12.3. The van der Waals surface area contributed by atoms with Crippen molar-refractivity contribution in [2.45, 2.75) is 44.7 Å². The van der Waals surface area contributed by atoms with Gasteiger partial charge in [0.15, 0.2) is 0 Å². The molecule has 0 spiro atoms. The molecule has 0 amide bonds. The Labute approximate surface area is 173 Å². The second-order valence-corrected chi connectivity index (χ2v) is 10.3. The lowest BCUT2D eigenvalue weighted by atomic mass is 10.2. The lowest BCUT2D eigenvalue weighted by molar-refractivity contribution is 0.323. The van der Waals surface area contributed by atoms with Crippen molar-refractivity contribution in [3.05, 3.63) is 54.1 Å². The Morgan fingerprint density at radius 2 is 1.45 bits per heavy atom. The molecule has 0 aliphatic rings. The van der Waals surface area contributed by atoms with Crippen LogP contribution in [0.25, 0.3) is 0 Å². The van der Waals surface area contributed by atoms with E-state index in [0.29, 0.717) is 12.2 Å². The molecule has 0 heterocycles. The maximum Gasteiger partial charge on any atom is 0.308 e. The molecule has 0 saturated carbocycles. The van der Waals surface area contributed by atoms with E-state index in [4.69, 9.17) is 8.92 Å². The smallest absolute Gasteiger partial charge is 0.308 e. The summed E-state index contributed by atoms with van der Waals surface area (Å²) in [5.74, 6) is 0.650. The van der Waals surface area contributed by atoms with Gasteiger partial charge in [-0.1, -0.05) is 19.1 Å². The number of ether oxygens (including phenoxy) is 1. The highest BCUT2D eigenvalue weighted by Crippen LogP contribution is 2.25. The van der Waals surface area contributed by atoms with Crippen LogP contribution in [0.3, 0.4) is 0 Å². The molecule has 2 aromatic carbocycles. The van der Waals surface area contributed by atoms with Crippen LogP contribution in [0.2, 0.25) is 0 Å². The molecular formula is C20H27NO6S2. The highest BCUT2D eigenvalue weighted by atomic mass is 32.2. The Hall–Kier alpha value is -2.10. The molecule has 0 fully saturated rings. The SMILES string of the molecule is CCC(C)N(Cc1ccc(OS(=O)(=O)CC)cc1)S(=O)(=O)c1ccc(OC)cc1. The summed E-state index contributed by atoms with van der Waals surface area (Å²) in [6, 6.07) is 12.4. The van der Waals surface area contributed by atoms with Gasteiger partial charge in [-0.2, -0.15) is 12.7 Å². The van der Waals surface area contributed by atoms with Crippen LogP contribution >= 0.6 is 0 Å². The van der Waals surface area contributed by atoms with Gasteiger partial charge in [0.25, 0.3) is 0 Å². The fraction of sp³-hybridized carbons (Fsp3) is 0.400. The Balaban J connectivity index is 2.28.